The van der Waals surface area contributed by atoms with Crippen molar-refractivity contribution in [3.63, 3.8) is 0 Å². The molecule has 0 aliphatic rings. The van der Waals surface area contributed by atoms with Crippen LogP contribution >= 0.6 is 0 Å². The van der Waals surface area contributed by atoms with E-state index < -0.39 is 23.9 Å². The average molecular weight is 254 g/mol. The lowest BCUT2D eigenvalue weighted by Crippen LogP contribution is -2.41. The van der Waals surface area contributed by atoms with E-state index in [2.05, 4.69) is 10.5 Å². The second kappa shape index (κ2) is 5.71. The summed E-state index contributed by atoms with van der Waals surface area (Å²) in [5, 5.41) is 14.3. The van der Waals surface area contributed by atoms with Crippen molar-refractivity contribution < 1.29 is 19.1 Å². The molecule has 1 aromatic rings. The maximum atomic E-state index is 12.6. The largest absolute Gasteiger partial charge is 0.480 e. The van der Waals surface area contributed by atoms with Crippen LogP contribution in [-0.4, -0.2) is 28.2 Å². The molecule has 0 saturated heterocycles. The minimum absolute atomic E-state index is 0.271. The summed E-state index contributed by atoms with van der Waals surface area (Å²) in [7, 11) is 0. The van der Waals surface area contributed by atoms with Gasteiger partial charge in [-0.05, 0) is 31.2 Å². The van der Waals surface area contributed by atoms with Gasteiger partial charge in [0.1, 0.15) is 5.82 Å². The van der Waals surface area contributed by atoms with Crippen LogP contribution in [0.5, 0.6) is 0 Å². The van der Waals surface area contributed by atoms with E-state index >= 15 is 0 Å². The molecule has 0 saturated carbocycles. The predicted molar refractivity (Wildman–Crippen MR) is 59.5 cm³/mol. The molecule has 0 aromatic heterocycles. The fourth-order valence-electron chi connectivity index (χ4n) is 1.13. The molecule has 3 N–H and O–H groups in total. The number of hydrogen-bond donors (Lipinski definition) is 3. The molecular formula is C10H11FN4O3. The molecule has 7 nitrogen and oxygen atoms in total. The Labute approximate surface area is 102 Å². The SMILES string of the molecule is CC(C(=O)O)N(N=N)C(=O)Nc1ccc(F)cc1. The van der Waals surface area contributed by atoms with E-state index in [1.807, 2.05) is 0 Å². The van der Waals surface area contributed by atoms with Gasteiger partial charge in [-0.25, -0.2) is 14.0 Å². The molecule has 0 radical (unpaired) electrons. The lowest BCUT2D eigenvalue weighted by Gasteiger charge is -2.19. The number of urea groups is 1. The zero-order valence-corrected chi connectivity index (χ0v) is 9.42. The molecule has 8 heteroatoms. The van der Waals surface area contributed by atoms with Gasteiger partial charge in [0.05, 0.1) is 0 Å². The lowest BCUT2D eigenvalue weighted by molar-refractivity contribution is -0.141. The Kier molecular flexibility index (Phi) is 4.30. The van der Waals surface area contributed by atoms with Crippen LogP contribution in [0, 0.1) is 11.3 Å². The zero-order chi connectivity index (χ0) is 13.7. The minimum atomic E-state index is -1.29. The van der Waals surface area contributed by atoms with Gasteiger partial charge in [-0.15, -0.1) is 0 Å². The number of hydrogen-bond acceptors (Lipinski definition) is 4. The van der Waals surface area contributed by atoms with E-state index in [0.717, 1.165) is 12.1 Å². The Morgan fingerprint density at radius 3 is 2.44 bits per heavy atom. The molecule has 0 heterocycles. The summed E-state index contributed by atoms with van der Waals surface area (Å²) in [6.07, 6.45) is 0. The summed E-state index contributed by atoms with van der Waals surface area (Å²) in [6, 6.07) is 2.73. The number of carbonyl (C=O) groups is 2. The predicted octanol–water partition coefficient (Wildman–Crippen LogP) is 2.08. The highest BCUT2D eigenvalue weighted by molar-refractivity contribution is 5.91. The lowest BCUT2D eigenvalue weighted by atomic mass is 10.3. The molecule has 96 valence electrons. The third-order valence-electron chi connectivity index (χ3n) is 2.14. The van der Waals surface area contributed by atoms with Crippen molar-refractivity contribution in [2.75, 3.05) is 5.32 Å². The van der Waals surface area contributed by atoms with E-state index in [4.69, 9.17) is 10.6 Å². The maximum absolute atomic E-state index is 12.6. The van der Waals surface area contributed by atoms with Crippen molar-refractivity contribution in [1.29, 1.82) is 5.53 Å². The quantitative estimate of drug-likeness (QED) is 0.565. The molecule has 0 aliphatic heterocycles. The second-order valence-corrected chi connectivity index (χ2v) is 3.40. The second-order valence-electron chi connectivity index (χ2n) is 3.40. The van der Waals surface area contributed by atoms with E-state index in [0.29, 0.717) is 5.01 Å². The molecular weight excluding hydrogens is 243 g/mol. The molecule has 1 rings (SSSR count). The first-order valence-electron chi connectivity index (χ1n) is 4.91. The van der Waals surface area contributed by atoms with Gasteiger partial charge in [0, 0.05) is 5.69 Å². The van der Waals surface area contributed by atoms with E-state index in [-0.39, 0.29) is 5.69 Å². The number of benzene rings is 1. The van der Waals surface area contributed by atoms with E-state index in [9.17, 15) is 14.0 Å². The Morgan fingerprint density at radius 1 is 1.44 bits per heavy atom. The number of halogens is 1. The van der Waals surface area contributed by atoms with Gasteiger partial charge in [0.25, 0.3) is 0 Å². The number of carboxylic acids is 1. The first-order chi connectivity index (χ1) is 8.45. The van der Waals surface area contributed by atoms with Crippen molar-refractivity contribution in [2.45, 2.75) is 13.0 Å². The molecule has 1 aromatic carbocycles. The molecule has 0 aliphatic carbocycles. The Bertz CT molecular complexity index is 463. The smallest absolute Gasteiger partial charge is 0.344 e. The molecule has 0 fully saturated rings. The zero-order valence-electron chi connectivity index (χ0n) is 9.42. The summed E-state index contributed by atoms with van der Waals surface area (Å²) in [4.78, 5) is 22.3. The highest BCUT2D eigenvalue weighted by atomic mass is 19.1. The van der Waals surface area contributed by atoms with Crippen molar-refractivity contribution >= 4 is 17.7 Å². The third-order valence-corrected chi connectivity index (χ3v) is 2.14. The first kappa shape index (κ1) is 13.6. The van der Waals surface area contributed by atoms with Crippen LogP contribution in [-0.2, 0) is 4.79 Å². The van der Waals surface area contributed by atoms with Gasteiger partial charge in [0.15, 0.2) is 6.04 Å². The summed E-state index contributed by atoms with van der Waals surface area (Å²) < 4.78 is 12.6. The fraction of sp³-hybridized carbons (Fsp3) is 0.200. The summed E-state index contributed by atoms with van der Waals surface area (Å²) in [6.45, 7) is 1.21. The molecule has 18 heavy (non-hydrogen) atoms. The van der Waals surface area contributed by atoms with Gasteiger partial charge in [-0.2, -0.15) is 10.5 Å². The first-order valence-corrected chi connectivity index (χ1v) is 4.91. The minimum Gasteiger partial charge on any atom is -0.480 e. The third kappa shape index (κ3) is 3.24. The van der Waals surface area contributed by atoms with Crippen molar-refractivity contribution in [2.24, 2.45) is 5.22 Å². The Morgan fingerprint density at radius 2 is 2.00 bits per heavy atom. The Balaban J connectivity index is 2.77. The Hall–Kier alpha value is -2.51. The summed E-state index contributed by atoms with van der Waals surface area (Å²) >= 11 is 0. The van der Waals surface area contributed by atoms with Crippen LogP contribution in [0.2, 0.25) is 0 Å². The van der Waals surface area contributed by atoms with Crippen LogP contribution in [0.15, 0.2) is 29.5 Å². The van der Waals surface area contributed by atoms with Gasteiger partial charge in [0.2, 0.25) is 0 Å². The molecule has 1 unspecified atom stereocenters. The van der Waals surface area contributed by atoms with Crippen LogP contribution in [0.25, 0.3) is 0 Å². The number of nitrogens with zero attached hydrogens (tertiary/aromatic N) is 2. The molecule has 0 spiro atoms. The van der Waals surface area contributed by atoms with Crippen molar-refractivity contribution in [1.82, 2.24) is 5.01 Å². The number of amides is 2. The van der Waals surface area contributed by atoms with Gasteiger partial charge < -0.3 is 10.4 Å². The van der Waals surface area contributed by atoms with Crippen LogP contribution in [0.4, 0.5) is 14.9 Å². The van der Waals surface area contributed by atoms with Crippen LogP contribution in [0.1, 0.15) is 6.92 Å². The van der Waals surface area contributed by atoms with Crippen molar-refractivity contribution in [3.05, 3.63) is 30.1 Å². The standard InChI is InChI=1S/C10H11FN4O3/c1-6(9(16)17)15(14-12)10(18)13-8-4-2-7(11)3-5-8/h2-6,12H,1H3,(H,13,18)(H,16,17). The summed E-state index contributed by atoms with van der Waals surface area (Å²) in [5.74, 6) is -1.76. The van der Waals surface area contributed by atoms with Crippen LogP contribution in [0.3, 0.4) is 0 Å². The van der Waals surface area contributed by atoms with Gasteiger partial charge in [-0.3, -0.25) is 0 Å². The summed E-state index contributed by atoms with van der Waals surface area (Å²) in [5.41, 5.74) is 7.05. The van der Waals surface area contributed by atoms with Crippen molar-refractivity contribution in [3.8, 4) is 0 Å². The number of carbonyl (C=O) groups excluding carboxylic acids is 1. The normalized spacial score (nSPS) is 11.4. The number of aliphatic carboxylic acids is 1. The topological polar surface area (TPSA) is 106 Å². The molecule has 0 bridgehead atoms. The highest BCUT2D eigenvalue weighted by Gasteiger charge is 2.25. The van der Waals surface area contributed by atoms with Crippen LogP contribution < -0.4 is 5.32 Å². The molecule has 1 atom stereocenters. The highest BCUT2D eigenvalue weighted by Crippen LogP contribution is 2.10. The maximum Gasteiger partial charge on any atom is 0.344 e. The van der Waals surface area contributed by atoms with E-state index in [1.54, 1.807) is 0 Å². The van der Waals surface area contributed by atoms with Gasteiger partial charge >= 0.3 is 12.0 Å². The van der Waals surface area contributed by atoms with E-state index in [1.165, 1.54) is 19.1 Å². The number of carboxylic acid groups (broad SMARTS) is 1. The number of anilines is 1. The van der Waals surface area contributed by atoms with Gasteiger partial charge in [-0.1, -0.05) is 5.22 Å². The fourth-order valence-corrected chi connectivity index (χ4v) is 1.13. The average Bonchev–Trinajstić information content (AvgIpc) is 2.32. The number of rotatable bonds is 4. The monoisotopic (exact) mass is 254 g/mol. The number of nitrogens with one attached hydrogen (secondary N) is 2. The molecule has 2 amide bonds.